The first-order chi connectivity index (χ1) is 12.6. The molecule has 0 spiro atoms. The average molecular weight is 351 g/mol. The highest BCUT2D eigenvalue weighted by molar-refractivity contribution is 5.92. The van der Waals surface area contributed by atoms with Crippen LogP contribution < -0.4 is 9.64 Å². The number of benzene rings is 2. The fourth-order valence-corrected chi connectivity index (χ4v) is 3.18. The van der Waals surface area contributed by atoms with Crippen LogP contribution in [0, 0.1) is 6.92 Å². The number of hydrogen-bond donors (Lipinski definition) is 1. The van der Waals surface area contributed by atoms with Gasteiger partial charge >= 0.3 is 0 Å². The van der Waals surface area contributed by atoms with Crippen molar-refractivity contribution in [3.63, 3.8) is 0 Å². The zero-order valence-electron chi connectivity index (χ0n) is 15.5. The molecule has 0 aliphatic heterocycles. The van der Waals surface area contributed by atoms with E-state index in [0.717, 1.165) is 33.6 Å². The van der Waals surface area contributed by atoms with Crippen LogP contribution in [0.1, 0.15) is 25.0 Å². The molecule has 26 heavy (non-hydrogen) atoms. The van der Waals surface area contributed by atoms with Gasteiger partial charge < -0.3 is 14.7 Å². The summed E-state index contributed by atoms with van der Waals surface area (Å²) >= 11 is 0. The van der Waals surface area contributed by atoms with E-state index in [2.05, 4.69) is 33.9 Å². The molecule has 1 heterocycles. The maximum Gasteiger partial charge on any atom is 0.140 e. The van der Waals surface area contributed by atoms with Crippen molar-refractivity contribution in [3.05, 3.63) is 59.9 Å². The van der Waals surface area contributed by atoms with E-state index < -0.39 is 6.10 Å². The van der Waals surface area contributed by atoms with Crippen molar-refractivity contribution >= 4 is 16.7 Å². The molecule has 3 rings (SSSR count). The first-order valence-electron chi connectivity index (χ1n) is 8.94. The number of aliphatic hydroxyl groups is 1. The molecule has 0 amide bonds. The third kappa shape index (κ3) is 3.94. The SMILES string of the molecule is CCOc1ccccc1CN(C[C@H](C)O)c1ncnc2cccc(C)c12. The normalized spacial score (nSPS) is 12.2. The maximum atomic E-state index is 10.1. The van der Waals surface area contributed by atoms with Gasteiger partial charge in [-0.1, -0.05) is 30.3 Å². The van der Waals surface area contributed by atoms with Gasteiger partial charge in [0, 0.05) is 24.0 Å². The zero-order valence-corrected chi connectivity index (χ0v) is 15.5. The van der Waals surface area contributed by atoms with Crippen LogP contribution in [-0.4, -0.2) is 34.3 Å². The van der Waals surface area contributed by atoms with Gasteiger partial charge in [-0.2, -0.15) is 0 Å². The van der Waals surface area contributed by atoms with Gasteiger partial charge in [0.05, 0.1) is 18.2 Å². The summed E-state index contributed by atoms with van der Waals surface area (Å²) in [5, 5.41) is 11.1. The molecule has 0 fully saturated rings. The number of aliphatic hydroxyl groups excluding tert-OH is 1. The number of ether oxygens (including phenoxy) is 1. The Kier molecular flexibility index (Phi) is 5.68. The van der Waals surface area contributed by atoms with Gasteiger partial charge in [0.15, 0.2) is 0 Å². The Morgan fingerprint density at radius 1 is 1.12 bits per heavy atom. The molecular formula is C21H25N3O2. The minimum Gasteiger partial charge on any atom is -0.494 e. The van der Waals surface area contributed by atoms with Gasteiger partial charge in [-0.15, -0.1) is 0 Å². The van der Waals surface area contributed by atoms with Crippen molar-refractivity contribution in [2.45, 2.75) is 33.4 Å². The van der Waals surface area contributed by atoms with Gasteiger partial charge in [0.2, 0.25) is 0 Å². The molecule has 0 saturated carbocycles. The Balaban J connectivity index is 2.06. The van der Waals surface area contributed by atoms with Gasteiger partial charge in [-0.25, -0.2) is 9.97 Å². The molecule has 2 aromatic carbocycles. The molecule has 0 bridgehead atoms. The van der Waals surface area contributed by atoms with Crippen LogP contribution in [0.5, 0.6) is 5.75 Å². The summed E-state index contributed by atoms with van der Waals surface area (Å²) in [5.74, 6) is 1.70. The van der Waals surface area contributed by atoms with Crippen LogP contribution in [0.15, 0.2) is 48.8 Å². The van der Waals surface area contributed by atoms with Crippen molar-refractivity contribution in [1.82, 2.24) is 9.97 Å². The number of aromatic nitrogens is 2. The number of fused-ring (bicyclic) bond motifs is 1. The molecule has 1 N–H and O–H groups in total. The zero-order chi connectivity index (χ0) is 18.5. The van der Waals surface area contributed by atoms with Gasteiger partial charge in [0.1, 0.15) is 17.9 Å². The smallest absolute Gasteiger partial charge is 0.140 e. The van der Waals surface area contributed by atoms with Crippen molar-refractivity contribution in [3.8, 4) is 5.75 Å². The summed E-state index contributed by atoms with van der Waals surface area (Å²) in [4.78, 5) is 11.0. The van der Waals surface area contributed by atoms with E-state index >= 15 is 0 Å². The third-order valence-corrected chi connectivity index (χ3v) is 4.27. The Bertz CT molecular complexity index is 875. The van der Waals surface area contributed by atoms with Gasteiger partial charge in [-0.3, -0.25) is 0 Å². The Labute approximate surface area is 154 Å². The Morgan fingerprint density at radius 3 is 2.69 bits per heavy atom. The van der Waals surface area contributed by atoms with Crippen LogP contribution in [0.25, 0.3) is 10.9 Å². The summed E-state index contributed by atoms with van der Waals surface area (Å²) in [5.41, 5.74) is 3.09. The topological polar surface area (TPSA) is 58.5 Å². The molecule has 0 saturated heterocycles. The third-order valence-electron chi connectivity index (χ3n) is 4.27. The van der Waals surface area contributed by atoms with Crippen molar-refractivity contribution in [2.75, 3.05) is 18.1 Å². The van der Waals surface area contributed by atoms with E-state index in [0.29, 0.717) is 19.7 Å². The molecule has 5 heteroatoms. The van der Waals surface area contributed by atoms with Crippen molar-refractivity contribution in [1.29, 1.82) is 0 Å². The van der Waals surface area contributed by atoms with Crippen molar-refractivity contribution < 1.29 is 9.84 Å². The second-order valence-corrected chi connectivity index (χ2v) is 6.44. The summed E-state index contributed by atoms with van der Waals surface area (Å²) in [6, 6.07) is 14.0. The van der Waals surface area contributed by atoms with Gasteiger partial charge in [-0.05, 0) is 38.5 Å². The Hall–Kier alpha value is -2.66. The quantitative estimate of drug-likeness (QED) is 0.703. The van der Waals surface area contributed by atoms with E-state index in [-0.39, 0.29) is 0 Å². The van der Waals surface area contributed by atoms with E-state index in [9.17, 15) is 5.11 Å². The number of para-hydroxylation sites is 1. The molecular weight excluding hydrogens is 326 g/mol. The second-order valence-electron chi connectivity index (χ2n) is 6.44. The summed E-state index contributed by atoms with van der Waals surface area (Å²) in [6.45, 7) is 7.51. The summed E-state index contributed by atoms with van der Waals surface area (Å²) < 4.78 is 5.77. The standard InChI is InChI=1S/C21H25N3O2/c1-4-26-19-11-6-5-9-17(19)13-24(12-16(3)25)21-20-15(2)8-7-10-18(20)22-14-23-21/h5-11,14,16,25H,4,12-13H2,1-3H3/t16-/m0/s1. The lowest BCUT2D eigenvalue weighted by Gasteiger charge is -2.27. The van der Waals surface area contributed by atoms with Gasteiger partial charge in [0.25, 0.3) is 0 Å². The molecule has 0 aliphatic carbocycles. The van der Waals surface area contributed by atoms with Crippen LogP contribution in [-0.2, 0) is 6.54 Å². The number of hydrogen-bond acceptors (Lipinski definition) is 5. The largest absolute Gasteiger partial charge is 0.494 e. The lowest BCUT2D eigenvalue weighted by Crippen LogP contribution is -2.31. The minimum atomic E-state index is -0.483. The summed E-state index contributed by atoms with van der Waals surface area (Å²) in [6.07, 6.45) is 1.10. The maximum absolute atomic E-state index is 10.1. The molecule has 1 atom stereocenters. The highest BCUT2D eigenvalue weighted by atomic mass is 16.5. The van der Waals surface area contributed by atoms with Crippen molar-refractivity contribution in [2.24, 2.45) is 0 Å². The average Bonchev–Trinajstić information content (AvgIpc) is 2.62. The van der Waals surface area contributed by atoms with Crippen LogP contribution >= 0.6 is 0 Å². The number of rotatable bonds is 7. The van der Waals surface area contributed by atoms with E-state index in [4.69, 9.17) is 4.74 Å². The molecule has 0 aliphatic rings. The first kappa shape index (κ1) is 18.1. The van der Waals surface area contributed by atoms with Crippen LogP contribution in [0.2, 0.25) is 0 Å². The lowest BCUT2D eigenvalue weighted by molar-refractivity contribution is 0.199. The lowest BCUT2D eigenvalue weighted by atomic mass is 10.1. The van der Waals surface area contributed by atoms with E-state index in [1.54, 1.807) is 13.3 Å². The number of nitrogens with zero attached hydrogens (tertiary/aromatic N) is 3. The highest BCUT2D eigenvalue weighted by Crippen LogP contribution is 2.29. The monoisotopic (exact) mass is 351 g/mol. The first-order valence-corrected chi connectivity index (χ1v) is 8.94. The molecule has 5 nitrogen and oxygen atoms in total. The van der Waals surface area contributed by atoms with E-state index in [1.807, 2.05) is 37.3 Å². The molecule has 3 aromatic rings. The minimum absolute atomic E-state index is 0.473. The summed E-state index contributed by atoms with van der Waals surface area (Å²) in [7, 11) is 0. The molecule has 0 radical (unpaired) electrons. The fraction of sp³-hybridized carbons (Fsp3) is 0.333. The number of anilines is 1. The predicted octanol–water partition coefficient (Wildman–Crippen LogP) is 3.72. The molecule has 136 valence electrons. The molecule has 0 unspecified atom stereocenters. The fourth-order valence-electron chi connectivity index (χ4n) is 3.18. The van der Waals surface area contributed by atoms with Crippen LogP contribution in [0.3, 0.4) is 0 Å². The van der Waals surface area contributed by atoms with Crippen LogP contribution in [0.4, 0.5) is 5.82 Å². The Morgan fingerprint density at radius 2 is 1.92 bits per heavy atom. The second kappa shape index (κ2) is 8.15. The molecule has 1 aromatic heterocycles. The van der Waals surface area contributed by atoms with E-state index in [1.165, 1.54) is 0 Å². The predicted molar refractivity (Wildman–Crippen MR) is 105 cm³/mol. The number of aryl methyl sites for hydroxylation is 1. The highest BCUT2D eigenvalue weighted by Gasteiger charge is 2.18.